The quantitative estimate of drug-likeness (QED) is 0.864. The lowest BCUT2D eigenvalue weighted by Crippen LogP contribution is -2.38. The molecule has 0 atom stereocenters. The smallest absolute Gasteiger partial charge is 0.251 e. The van der Waals surface area contributed by atoms with E-state index in [0.717, 1.165) is 22.7 Å². The molecule has 0 fully saturated rings. The van der Waals surface area contributed by atoms with Crippen LogP contribution in [0.2, 0.25) is 0 Å². The Balaban J connectivity index is 2.05. The molecule has 0 heterocycles. The first-order valence-electron chi connectivity index (χ1n) is 7.04. The highest BCUT2D eigenvalue weighted by molar-refractivity contribution is 7.92. The lowest BCUT2D eigenvalue weighted by atomic mass is 10.2. The van der Waals surface area contributed by atoms with E-state index in [0.29, 0.717) is 0 Å². The van der Waals surface area contributed by atoms with Crippen LogP contribution in [0.5, 0.6) is 0 Å². The van der Waals surface area contributed by atoms with Crippen LogP contribution in [0.4, 0.5) is 14.5 Å². The maximum Gasteiger partial charge on any atom is 0.251 e. The van der Waals surface area contributed by atoms with Gasteiger partial charge in [-0.05, 0) is 36.4 Å². The summed E-state index contributed by atoms with van der Waals surface area (Å²) < 4.78 is 51.1. The van der Waals surface area contributed by atoms with E-state index in [9.17, 15) is 22.0 Å². The van der Waals surface area contributed by atoms with Gasteiger partial charge in [-0.2, -0.15) is 0 Å². The van der Waals surface area contributed by atoms with E-state index >= 15 is 0 Å². The van der Waals surface area contributed by atoms with E-state index in [1.807, 2.05) is 0 Å². The fraction of sp³-hybridized carbons (Fsp3) is 0.188. The average Bonchev–Trinajstić information content (AvgIpc) is 2.50. The summed E-state index contributed by atoms with van der Waals surface area (Å²) in [7, 11) is -3.65. The van der Waals surface area contributed by atoms with Crippen LogP contribution >= 0.6 is 0 Å². The molecular weight excluding hydrogens is 338 g/mol. The second-order valence-electron chi connectivity index (χ2n) is 5.08. The summed E-state index contributed by atoms with van der Waals surface area (Å²) in [4.78, 5) is 11.9. The van der Waals surface area contributed by atoms with Crippen LogP contribution in [0, 0.1) is 11.6 Å². The molecule has 0 saturated carbocycles. The predicted octanol–water partition coefficient (Wildman–Crippen LogP) is 2.16. The summed E-state index contributed by atoms with van der Waals surface area (Å²) in [5.41, 5.74) is 0.296. The molecule has 0 saturated heterocycles. The van der Waals surface area contributed by atoms with E-state index in [1.54, 1.807) is 0 Å². The Kier molecular flexibility index (Phi) is 5.50. The van der Waals surface area contributed by atoms with Crippen LogP contribution in [-0.2, 0) is 10.0 Å². The van der Waals surface area contributed by atoms with Gasteiger partial charge in [0.05, 0.1) is 18.5 Å². The molecule has 0 bridgehead atoms. The minimum atomic E-state index is -3.65. The first kappa shape index (κ1) is 17.9. The number of hydrogen-bond donors (Lipinski definition) is 1. The summed E-state index contributed by atoms with van der Waals surface area (Å²) in [6.07, 6.45) is 0.992. The van der Waals surface area contributed by atoms with Gasteiger partial charge in [-0.1, -0.05) is 12.1 Å². The van der Waals surface area contributed by atoms with Crippen molar-refractivity contribution in [1.29, 1.82) is 0 Å². The van der Waals surface area contributed by atoms with Crippen molar-refractivity contribution in [3.05, 3.63) is 65.7 Å². The molecular formula is C16H16F2N2O3S. The molecule has 128 valence electrons. The van der Waals surface area contributed by atoms with Crippen molar-refractivity contribution in [3.8, 4) is 0 Å². The number of nitrogens with zero attached hydrogens (tertiary/aromatic N) is 1. The molecule has 24 heavy (non-hydrogen) atoms. The predicted molar refractivity (Wildman–Crippen MR) is 87.3 cm³/mol. The number of nitrogens with one attached hydrogen (secondary N) is 1. The number of amides is 1. The molecule has 2 aromatic rings. The maximum absolute atomic E-state index is 13.3. The fourth-order valence-corrected chi connectivity index (χ4v) is 3.04. The number of hydrogen-bond acceptors (Lipinski definition) is 3. The highest BCUT2D eigenvalue weighted by atomic mass is 32.2. The van der Waals surface area contributed by atoms with Crippen LogP contribution in [-0.4, -0.2) is 33.7 Å². The molecule has 0 aromatic heterocycles. The third-order valence-electron chi connectivity index (χ3n) is 3.18. The van der Waals surface area contributed by atoms with Gasteiger partial charge in [-0.3, -0.25) is 9.10 Å². The van der Waals surface area contributed by atoms with Gasteiger partial charge >= 0.3 is 0 Å². The van der Waals surface area contributed by atoms with Gasteiger partial charge in [-0.15, -0.1) is 0 Å². The monoisotopic (exact) mass is 354 g/mol. The van der Waals surface area contributed by atoms with Crippen molar-refractivity contribution in [1.82, 2.24) is 5.32 Å². The van der Waals surface area contributed by atoms with Gasteiger partial charge in [0.2, 0.25) is 10.0 Å². The molecule has 0 unspecified atom stereocenters. The van der Waals surface area contributed by atoms with E-state index in [1.165, 1.54) is 36.4 Å². The second-order valence-corrected chi connectivity index (χ2v) is 6.99. The lowest BCUT2D eigenvalue weighted by Gasteiger charge is -2.22. The van der Waals surface area contributed by atoms with Gasteiger partial charge in [0, 0.05) is 12.1 Å². The van der Waals surface area contributed by atoms with Gasteiger partial charge in [-0.25, -0.2) is 17.2 Å². The van der Waals surface area contributed by atoms with Crippen molar-refractivity contribution < 1.29 is 22.0 Å². The highest BCUT2D eigenvalue weighted by Gasteiger charge is 2.18. The molecule has 2 aromatic carbocycles. The van der Waals surface area contributed by atoms with Gasteiger partial charge in [0.1, 0.15) is 11.6 Å². The van der Waals surface area contributed by atoms with Crippen molar-refractivity contribution in [3.63, 3.8) is 0 Å². The number of rotatable bonds is 6. The van der Waals surface area contributed by atoms with Crippen LogP contribution < -0.4 is 9.62 Å². The van der Waals surface area contributed by atoms with E-state index < -0.39 is 27.6 Å². The average molecular weight is 354 g/mol. The standard InChI is InChI=1S/C16H16F2N2O3S/c1-24(22,23)20(15-7-3-6-14(18)11-15)9-8-19-16(21)12-4-2-5-13(17)10-12/h2-7,10-11H,8-9H2,1H3,(H,19,21). The number of carbonyl (C=O) groups excluding carboxylic acids is 1. The summed E-state index contributed by atoms with van der Waals surface area (Å²) in [6.45, 7) is -0.0950. The van der Waals surface area contributed by atoms with Crippen molar-refractivity contribution >= 4 is 21.6 Å². The molecule has 0 radical (unpaired) electrons. The molecule has 0 aliphatic carbocycles. The van der Waals surface area contributed by atoms with E-state index in [4.69, 9.17) is 0 Å². The van der Waals surface area contributed by atoms with Crippen LogP contribution in [0.1, 0.15) is 10.4 Å². The van der Waals surface area contributed by atoms with Crippen LogP contribution in [0.15, 0.2) is 48.5 Å². The number of benzene rings is 2. The Hall–Kier alpha value is -2.48. The Morgan fingerprint density at radius 2 is 1.71 bits per heavy atom. The van der Waals surface area contributed by atoms with Gasteiger partial charge in [0.25, 0.3) is 5.91 Å². The molecule has 0 spiro atoms. The molecule has 8 heteroatoms. The first-order valence-corrected chi connectivity index (χ1v) is 8.89. The molecule has 1 amide bonds. The summed E-state index contributed by atoms with van der Waals surface area (Å²) in [5, 5.41) is 2.51. The van der Waals surface area contributed by atoms with E-state index in [2.05, 4.69) is 5.32 Å². The van der Waals surface area contributed by atoms with Crippen molar-refractivity contribution in [2.24, 2.45) is 0 Å². The molecule has 5 nitrogen and oxygen atoms in total. The zero-order valence-corrected chi connectivity index (χ0v) is 13.7. The lowest BCUT2D eigenvalue weighted by molar-refractivity contribution is 0.0954. The summed E-state index contributed by atoms with van der Waals surface area (Å²) >= 11 is 0. The normalized spacial score (nSPS) is 11.1. The molecule has 0 aliphatic heterocycles. The highest BCUT2D eigenvalue weighted by Crippen LogP contribution is 2.18. The fourth-order valence-electron chi connectivity index (χ4n) is 2.12. The van der Waals surface area contributed by atoms with Crippen molar-refractivity contribution in [2.75, 3.05) is 23.7 Å². The number of sulfonamides is 1. The minimum Gasteiger partial charge on any atom is -0.350 e. The summed E-state index contributed by atoms with van der Waals surface area (Å²) in [5.74, 6) is -1.63. The Bertz CT molecular complexity index is 841. The van der Waals surface area contributed by atoms with Gasteiger partial charge in [0.15, 0.2) is 0 Å². The van der Waals surface area contributed by atoms with Crippen molar-refractivity contribution in [2.45, 2.75) is 0 Å². The Morgan fingerprint density at radius 1 is 1.08 bits per heavy atom. The SMILES string of the molecule is CS(=O)(=O)N(CCNC(=O)c1cccc(F)c1)c1cccc(F)c1. The maximum atomic E-state index is 13.3. The van der Waals surface area contributed by atoms with E-state index in [-0.39, 0.29) is 24.3 Å². The third kappa shape index (κ3) is 4.76. The number of carbonyl (C=O) groups is 1. The Morgan fingerprint density at radius 3 is 2.29 bits per heavy atom. The van der Waals surface area contributed by atoms with Crippen LogP contribution in [0.25, 0.3) is 0 Å². The molecule has 0 aliphatic rings. The number of anilines is 1. The topological polar surface area (TPSA) is 66.5 Å². The Labute approximate surface area is 139 Å². The largest absolute Gasteiger partial charge is 0.350 e. The molecule has 2 rings (SSSR count). The zero-order valence-electron chi connectivity index (χ0n) is 12.9. The second kappa shape index (κ2) is 7.39. The zero-order chi connectivity index (χ0) is 17.7. The first-order chi connectivity index (χ1) is 11.3. The van der Waals surface area contributed by atoms with Crippen LogP contribution in [0.3, 0.4) is 0 Å². The third-order valence-corrected chi connectivity index (χ3v) is 4.38. The van der Waals surface area contributed by atoms with Gasteiger partial charge < -0.3 is 5.32 Å². The minimum absolute atomic E-state index is 0.0150. The summed E-state index contributed by atoms with van der Waals surface area (Å²) in [6, 6.07) is 10.3. The number of halogens is 2. The molecule has 1 N–H and O–H groups in total.